The number of benzene rings is 1. The second-order valence-electron chi connectivity index (χ2n) is 7.00. The maximum atomic E-state index is 12.7. The van der Waals surface area contributed by atoms with Crippen molar-refractivity contribution in [3.05, 3.63) is 29.8 Å². The van der Waals surface area contributed by atoms with Crippen molar-refractivity contribution in [2.24, 2.45) is 11.7 Å². The zero-order valence-electron chi connectivity index (χ0n) is 14.4. The van der Waals surface area contributed by atoms with E-state index in [1.54, 1.807) is 0 Å². The van der Waals surface area contributed by atoms with Crippen LogP contribution >= 0.6 is 0 Å². The molecule has 3 rings (SSSR count). The molecule has 5 heteroatoms. The highest BCUT2D eigenvalue weighted by atomic mass is 16.2. The molecule has 0 saturated carbocycles. The fraction of sp³-hybridized carbons (Fsp3) is 0.579. The molecule has 0 spiro atoms. The summed E-state index contributed by atoms with van der Waals surface area (Å²) in [5.41, 5.74) is 7.81. The van der Waals surface area contributed by atoms with Gasteiger partial charge >= 0.3 is 0 Å². The molecule has 0 unspecified atom stereocenters. The van der Waals surface area contributed by atoms with Gasteiger partial charge in [0.1, 0.15) is 0 Å². The Hall–Kier alpha value is -1.88. The van der Waals surface area contributed by atoms with Gasteiger partial charge in [-0.25, -0.2) is 0 Å². The maximum absolute atomic E-state index is 12.7. The Morgan fingerprint density at radius 3 is 2.58 bits per heavy atom. The van der Waals surface area contributed by atoms with Crippen LogP contribution in [0.3, 0.4) is 0 Å². The third kappa shape index (κ3) is 3.46. The summed E-state index contributed by atoms with van der Waals surface area (Å²) in [5, 5.41) is 0. The normalized spacial score (nSPS) is 24.5. The molecule has 2 saturated heterocycles. The molecule has 2 heterocycles. The van der Waals surface area contributed by atoms with Crippen molar-refractivity contribution in [2.75, 3.05) is 24.5 Å². The number of carbonyl (C=O) groups excluding carboxylic acids is 2. The van der Waals surface area contributed by atoms with Crippen molar-refractivity contribution < 1.29 is 9.59 Å². The van der Waals surface area contributed by atoms with Gasteiger partial charge in [0.05, 0.1) is 6.42 Å². The van der Waals surface area contributed by atoms with Gasteiger partial charge in [-0.15, -0.1) is 0 Å². The highest BCUT2D eigenvalue weighted by Gasteiger charge is 2.30. The average Bonchev–Trinajstić information content (AvgIpc) is 3.01. The Bertz CT molecular complexity index is 599. The van der Waals surface area contributed by atoms with E-state index in [2.05, 4.69) is 6.92 Å². The van der Waals surface area contributed by atoms with Crippen LogP contribution in [0.4, 0.5) is 5.69 Å². The topological polar surface area (TPSA) is 66.6 Å². The van der Waals surface area contributed by atoms with Gasteiger partial charge in [0, 0.05) is 37.8 Å². The van der Waals surface area contributed by atoms with Crippen molar-refractivity contribution in [1.82, 2.24) is 4.90 Å². The second kappa shape index (κ2) is 7.34. The second-order valence-corrected chi connectivity index (χ2v) is 7.00. The number of anilines is 1. The average molecular weight is 329 g/mol. The molecule has 24 heavy (non-hydrogen) atoms. The number of nitrogens with zero attached hydrogens (tertiary/aromatic N) is 2. The number of hydrogen-bond donors (Lipinski definition) is 1. The lowest BCUT2D eigenvalue weighted by molar-refractivity contribution is -0.135. The summed E-state index contributed by atoms with van der Waals surface area (Å²) >= 11 is 0. The van der Waals surface area contributed by atoms with Crippen LogP contribution in [0, 0.1) is 5.92 Å². The lowest BCUT2D eigenvalue weighted by Crippen LogP contribution is -2.51. The van der Waals surface area contributed by atoms with Crippen molar-refractivity contribution in [3.8, 4) is 0 Å². The molecule has 2 atom stereocenters. The number of nitrogens with two attached hydrogens (primary N) is 1. The fourth-order valence-electron chi connectivity index (χ4n) is 3.91. The first kappa shape index (κ1) is 17.0. The maximum Gasteiger partial charge on any atom is 0.227 e. The molecule has 130 valence electrons. The summed E-state index contributed by atoms with van der Waals surface area (Å²) in [6.45, 7) is 4.31. The van der Waals surface area contributed by atoms with Gasteiger partial charge in [0.15, 0.2) is 0 Å². The molecular formula is C19H27N3O2. The van der Waals surface area contributed by atoms with E-state index in [-0.39, 0.29) is 17.9 Å². The zero-order chi connectivity index (χ0) is 17.1. The van der Waals surface area contributed by atoms with E-state index < -0.39 is 0 Å². The number of amides is 2. The lowest BCUT2D eigenvalue weighted by atomic mass is 9.90. The van der Waals surface area contributed by atoms with E-state index >= 15 is 0 Å². The van der Waals surface area contributed by atoms with E-state index in [0.717, 1.165) is 43.6 Å². The first-order valence-electron chi connectivity index (χ1n) is 8.99. The summed E-state index contributed by atoms with van der Waals surface area (Å²) in [6, 6.07) is 7.98. The highest BCUT2D eigenvalue weighted by molar-refractivity contribution is 5.95. The molecule has 0 aliphatic carbocycles. The molecule has 2 aliphatic heterocycles. The molecule has 1 aromatic carbocycles. The van der Waals surface area contributed by atoms with E-state index in [1.165, 1.54) is 0 Å². The third-order valence-electron chi connectivity index (χ3n) is 5.35. The Balaban J connectivity index is 1.65. The summed E-state index contributed by atoms with van der Waals surface area (Å²) in [7, 11) is 0. The van der Waals surface area contributed by atoms with Crippen LogP contribution in [0.15, 0.2) is 24.3 Å². The summed E-state index contributed by atoms with van der Waals surface area (Å²) in [5.74, 6) is 0.810. The molecular weight excluding hydrogens is 302 g/mol. The standard InChI is InChI=1S/C19H27N3O2/c1-14-4-2-11-22(17(14)13-20)19(24)12-15-6-8-16(9-7-15)21-10-3-5-18(21)23/h6-9,14,17H,2-5,10-13,20H2,1H3/t14-,17-/m1/s1. The first-order valence-corrected chi connectivity index (χ1v) is 8.99. The number of hydrogen-bond acceptors (Lipinski definition) is 3. The van der Waals surface area contributed by atoms with Crippen molar-refractivity contribution >= 4 is 17.5 Å². The van der Waals surface area contributed by atoms with E-state index in [9.17, 15) is 9.59 Å². The summed E-state index contributed by atoms with van der Waals surface area (Å²) in [6.07, 6.45) is 4.15. The lowest BCUT2D eigenvalue weighted by Gasteiger charge is -2.39. The van der Waals surface area contributed by atoms with Crippen LogP contribution < -0.4 is 10.6 Å². The molecule has 2 fully saturated rings. The molecule has 0 bridgehead atoms. The SMILES string of the molecule is C[C@@H]1CCCN(C(=O)Cc2ccc(N3CCCC3=O)cc2)[C@@H]1CN. The zero-order valence-corrected chi connectivity index (χ0v) is 14.4. The Morgan fingerprint density at radius 1 is 1.21 bits per heavy atom. The Kier molecular flexibility index (Phi) is 5.19. The summed E-state index contributed by atoms with van der Waals surface area (Å²) < 4.78 is 0. The van der Waals surface area contributed by atoms with Crippen LogP contribution in [0.2, 0.25) is 0 Å². The van der Waals surface area contributed by atoms with Gasteiger partial charge < -0.3 is 15.5 Å². The molecule has 1 aromatic rings. The summed E-state index contributed by atoms with van der Waals surface area (Å²) in [4.78, 5) is 28.3. The van der Waals surface area contributed by atoms with Gasteiger partial charge in [0.2, 0.25) is 11.8 Å². The molecule has 5 nitrogen and oxygen atoms in total. The number of carbonyl (C=O) groups is 2. The highest BCUT2D eigenvalue weighted by Crippen LogP contribution is 2.25. The number of piperidine rings is 1. The monoisotopic (exact) mass is 329 g/mol. The van der Waals surface area contributed by atoms with Gasteiger partial charge in [-0.3, -0.25) is 9.59 Å². The third-order valence-corrected chi connectivity index (χ3v) is 5.35. The number of likely N-dealkylation sites (tertiary alicyclic amines) is 1. The smallest absolute Gasteiger partial charge is 0.227 e. The molecule has 0 radical (unpaired) electrons. The van der Waals surface area contributed by atoms with E-state index in [4.69, 9.17) is 5.73 Å². The minimum absolute atomic E-state index is 0.155. The first-order chi connectivity index (χ1) is 11.6. The van der Waals surface area contributed by atoms with Gasteiger partial charge in [-0.2, -0.15) is 0 Å². The molecule has 2 N–H and O–H groups in total. The molecule has 0 aromatic heterocycles. The largest absolute Gasteiger partial charge is 0.338 e. The minimum atomic E-state index is 0.155. The van der Waals surface area contributed by atoms with Crippen LogP contribution in [-0.2, 0) is 16.0 Å². The fourth-order valence-corrected chi connectivity index (χ4v) is 3.91. The van der Waals surface area contributed by atoms with Gasteiger partial charge in [-0.1, -0.05) is 19.1 Å². The van der Waals surface area contributed by atoms with Crippen LogP contribution in [0.5, 0.6) is 0 Å². The predicted octanol–water partition coefficient (Wildman–Crippen LogP) is 1.94. The molecule has 2 amide bonds. The van der Waals surface area contributed by atoms with Gasteiger partial charge in [-0.05, 0) is 42.9 Å². The van der Waals surface area contributed by atoms with Crippen LogP contribution in [-0.4, -0.2) is 42.4 Å². The van der Waals surface area contributed by atoms with Crippen molar-refractivity contribution in [1.29, 1.82) is 0 Å². The van der Waals surface area contributed by atoms with Crippen molar-refractivity contribution in [2.45, 2.75) is 45.1 Å². The molecule has 2 aliphatic rings. The minimum Gasteiger partial charge on any atom is -0.338 e. The van der Waals surface area contributed by atoms with Crippen molar-refractivity contribution in [3.63, 3.8) is 0 Å². The Labute approximate surface area is 143 Å². The van der Waals surface area contributed by atoms with Crippen LogP contribution in [0.1, 0.15) is 38.2 Å². The predicted molar refractivity (Wildman–Crippen MR) is 94.7 cm³/mol. The quantitative estimate of drug-likeness (QED) is 0.918. The van der Waals surface area contributed by atoms with Crippen LogP contribution in [0.25, 0.3) is 0 Å². The van der Waals surface area contributed by atoms with E-state index in [0.29, 0.717) is 25.3 Å². The van der Waals surface area contributed by atoms with E-state index in [1.807, 2.05) is 34.1 Å². The van der Waals surface area contributed by atoms with Gasteiger partial charge in [0.25, 0.3) is 0 Å². The Morgan fingerprint density at radius 2 is 1.96 bits per heavy atom. The number of rotatable bonds is 4.